The van der Waals surface area contributed by atoms with Crippen molar-refractivity contribution in [2.75, 3.05) is 7.05 Å². The topological polar surface area (TPSA) is 72.2 Å². The fourth-order valence-electron chi connectivity index (χ4n) is 0.960. The number of nitro benzene ring substituents is 1. The summed E-state index contributed by atoms with van der Waals surface area (Å²) in [6.45, 7) is 0. The number of hydrogen-bond donors (Lipinski definition) is 1. The molecule has 5 nitrogen and oxygen atoms in total. The van der Waals surface area contributed by atoms with Crippen molar-refractivity contribution in [2.45, 2.75) is 0 Å². The molecule has 0 aliphatic carbocycles. The molecule has 68 valence electrons. The zero-order valence-corrected chi connectivity index (χ0v) is 6.98. The third-order valence-corrected chi connectivity index (χ3v) is 1.57. The summed E-state index contributed by atoms with van der Waals surface area (Å²) in [5.41, 5.74) is -0.100. The zero-order chi connectivity index (χ0) is 9.84. The molecule has 0 saturated carbocycles. The van der Waals surface area contributed by atoms with Crippen LogP contribution in [0.2, 0.25) is 0 Å². The van der Waals surface area contributed by atoms with Crippen LogP contribution in [0.1, 0.15) is 10.4 Å². The molecule has 0 fully saturated rings. The van der Waals surface area contributed by atoms with Crippen LogP contribution in [0.25, 0.3) is 0 Å². The summed E-state index contributed by atoms with van der Waals surface area (Å²) in [5.74, 6) is -0.452. The average Bonchev–Trinajstić information content (AvgIpc) is 2.16. The standard InChI is InChI=1S/C8H8N2O3/c1-9-8(11)6-4-2-3-5-7(6)10(12)13/h2-5H,1H3,(H,9,11). The Hall–Kier alpha value is -1.91. The number of para-hydroxylation sites is 1. The second kappa shape index (κ2) is 3.66. The van der Waals surface area contributed by atoms with Crippen LogP contribution in [0.4, 0.5) is 5.69 Å². The van der Waals surface area contributed by atoms with Gasteiger partial charge in [0.05, 0.1) is 4.92 Å². The van der Waals surface area contributed by atoms with E-state index in [1.165, 1.54) is 25.2 Å². The van der Waals surface area contributed by atoms with E-state index < -0.39 is 10.8 Å². The van der Waals surface area contributed by atoms with E-state index in [0.29, 0.717) is 0 Å². The van der Waals surface area contributed by atoms with Crippen molar-refractivity contribution < 1.29 is 9.72 Å². The van der Waals surface area contributed by atoms with E-state index >= 15 is 0 Å². The van der Waals surface area contributed by atoms with Gasteiger partial charge in [0, 0.05) is 13.1 Å². The molecule has 13 heavy (non-hydrogen) atoms. The molecular formula is C8H8N2O3. The van der Waals surface area contributed by atoms with Crippen LogP contribution in [0, 0.1) is 10.1 Å². The maximum absolute atomic E-state index is 11.1. The van der Waals surface area contributed by atoms with Crippen LogP contribution in [0.5, 0.6) is 0 Å². The minimum Gasteiger partial charge on any atom is -0.355 e. The monoisotopic (exact) mass is 180 g/mol. The maximum atomic E-state index is 11.1. The van der Waals surface area contributed by atoms with Crippen molar-refractivity contribution in [1.82, 2.24) is 5.32 Å². The van der Waals surface area contributed by atoms with Gasteiger partial charge in [0.1, 0.15) is 5.56 Å². The van der Waals surface area contributed by atoms with Crippen LogP contribution >= 0.6 is 0 Å². The van der Waals surface area contributed by atoms with Gasteiger partial charge >= 0.3 is 0 Å². The summed E-state index contributed by atoms with van der Waals surface area (Å²) in [7, 11) is 1.43. The van der Waals surface area contributed by atoms with Gasteiger partial charge in [-0.15, -0.1) is 0 Å². The molecular weight excluding hydrogens is 172 g/mol. The fourth-order valence-corrected chi connectivity index (χ4v) is 0.960. The summed E-state index contributed by atoms with van der Waals surface area (Å²) in [4.78, 5) is 21.0. The highest BCUT2D eigenvalue weighted by atomic mass is 16.6. The number of nitrogens with one attached hydrogen (secondary N) is 1. The van der Waals surface area contributed by atoms with E-state index in [1.54, 1.807) is 6.07 Å². The van der Waals surface area contributed by atoms with Crippen molar-refractivity contribution in [3.63, 3.8) is 0 Å². The van der Waals surface area contributed by atoms with E-state index in [4.69, 9.17) is 0 Å². The van der Waals surface area contributed by atoms with Crippen LogP contribution in [-0.2, 0) is 0 Å². The molecule has 1 rings (SSSR count). The number of benzene rings is 1. The van der Waals surface area contributed by atoms with Gasteiger partial charge < -0.3 is 5.32 Å². The Morgan fingerprint density at radius 3 is 2.62 bits per heavy atom. The minimum atomic E-state index is -0.579. The van der Waals surface area contributed by atoms with Gasteiger partial charge in [-0.2, -0.15) is 0 Å². The van der Waals surface area contributed by atoms with Crippen molar-refractivity contribution in [3.05, 3.63) is 39.9 Å². The largest absolute Gasteiger partial charge is 0.355 e. The van der Waals surface area contributed by atoms with Crippen LogP contribution < -0.4 is 5.32 Å². The molecule has 1 aromatic rings. The van der Waals surface area contributed by atoms with Gasteiger partial charge in [0.2, 0.25) is 0 Å². The number of rotatable bonds is 2. The quantitative estimate of drug-likeness (QED) is 0.544. The molecule has 0 aliphatic heterocycles. The molecule has 0 atom stereocenters. The van der Waals surface area contributed by atoms with E-state index in [1.807, 2.05) is 0 Å². The molecule has 1 aromatic carbocycles. The molecule has 1 N–H and O–H groups in total. The van der Waals surface area contributed by atoms with E-state index in [9.17, 15) is 14.9 Å². The van der Waals surface area contributed by atoms with Crippen molar-refractivity contribution >= 4 is 11.6 Å². The Balaban J connectivity index is 3.19. The second-order valence-corrected chi connectivity index (χ2v) is 2.35. The Bertz CT molecular complexity index is 349. The molecule has 0 saturated heterocycles. The lowest BCUT2D eigenvalue weighted by molar-refractivity contribution is -0.385. The first-order chi connectivity index (χ1) is 6.16. The van der Waals surface area contributed by atoms with E-state index in [2.05, 4.69) is 5.32 Å². The molecule has 0 spiro atoms. The molecule has 0 unspecified atom stereocenters. The van der Waals surface area contributed by atoms with Gasteiger partial charge in [-0.25, -0.2) is 0 Å². The highest BCUT2D eigenvalue weighted by Gasteiger charge is 2.17. The molecule has 0 heterocycles. The first-order valence-corrected chi connectivity index (χ1v) is 3.62. The van der Waals surface area contributed by atoms with Crippen molar-refractivity contribution in [3.8, 4) is 0 Å². The summed E-state index contributed by atoms with van der Waals surface area (Å²) in [6, 6.07) is 5.81. The predicted octanol–water partition coefficient (Wildman–Crippen LogP) is 0.954. The number of carbonyl (C=O) groups excluding carboxylic acids is 1. The van der Waals surface area contributed by atoms with Gasteiger partial charge in [-0.3, -0.25) is 14.9 Å². The second-order valence-electron chi connectivity index (χ2n) is 2.35. The van der Waals surface area contributed by atoms with Gasteiger partial charge in [0.15, 0.2) is 0 Å². The van der Waals surface area contributed by atoms with Crippen LogP contribution in [-0.4, -0.2) is 17.9 Å². The highest BCUT2D eigenvalue weighted by Crippen LogP contribution is 2.16. The van der Waals surface area contributed by atoms with Crippen LogP contribution in [0.3, 0.4) is 0 Å². The number of carbonyl (C=O) groups is 1. The normalized spacial score (nSPS) is 9.31. The zero-order valence-electron chi connectivity index (χ0n) is 6.98. The predicted molar refractivity (Wildman–Crippen MR) is 46.5 cm³/mol. The average molecular weight is 180 g/mol. The third kappa shape index (κ3) is 1.81. The molecule has 0 aliphatic rings. The number of amides is 1. The summed E-state index contributed by atoms with van der Waals surface area (Å²) in [5, 5.41) is 12.8. The lowest BCUT2D eigenvalue weighted by atomic mass is 10.2. The maximum Gasteiger partial charge on any atom is 0.282 e. The number of nitrogens with zero attached hydrogens (tertiary/aromatic N) is 1. The molecule has 1 amide bonds. The van der Waals surface area contributed by atoms with Gasteiger partial charge in [0.25, 0.3) is 11.6 Å². The number of hydrogen-bond acceptors (Lipinski definition) is 3. The molecule has 0 aromatic heterocycles. The van der Waals surface area contributed by atoms with Gasteiger partial charge in [-0.1, -0.05) is 12.1 Å². The first kappa shape index (κ1) is 9.18. The third-order valence-electron chi connectivity index (χ3n) is 1.57. The Morgan fingerprint density at radius 2 is 2.08 bits per heavy atom. The Kier molecular flexibility index (Phi) is 2.59. The summed E-state index contributed by atoms with van der Waals surface area (Å²) in [6.07, 6.45) is 0. The number of nitro groups is 1. The molecule has 0 radical (unpaired) electrons. The fraction of sp³-hybridized carbons (Fsp3) is 0.125. The van der Waals surface area contributed by atoms with Crippen LogP contribution in [0.15, 0.2) is 24.3 Å². The lowest BCUT2D eigenvalue weighted by Crippen LogP contribution is -2.18. The van der Waals surface area contributed by atoms with Gasteiger partial charge in [-0.05, 0) is 6.07 Å². The summed E-state index contributed by atoms with van der Waals surface area (Å²) >= 11 is 0. The minimum absolute atomic E-state index is 0.0787. The van der Waals surface area contributed by atoms with E-state index in [0.717, 1.165) is 0 Å². The molecule has 0 bridgehead atoms. The van der Waals surface area contributed by atoms with Crippen molar-refractivity contribution in [2.24, 2.45) is 0 Å². The van der Waals surface area contributed by atoms with Crippen molar-refractivity contribution in [1.29, 1.82) is 0 Å². The Morgan fingerprint density at radius 1 is 1.46 bits per heavy atom. The SMILES string of the molecule is CNC(=O)c1ccccc1[N+](=O)[O-]. The summed E-state index contributed by atoms with van der Waals surface area (Å²) < 4.78 is 0. The smallest absolute Gasteiger partial charge is 0.282 e. The first-order valence-electron chi connectivity index (χ1n) is 3.62. The van der Waals surface area contributed by atoms with E-state index in [-0.39, 0.29) is 11.3 Å². The highest BCUT2D eigenvalue weighted by molar-refractivity contribution is 5.97. The molecule has 5 heteroatoms. The lowest BCUT2D eigenvalue weighted by Gasteiger charge is -1.99. The Labute approximate surface area is 74.5 Å².